The fourth-order valence-corrected chi connectivity index (χ4v) is 2.42. The first-order valence-electron chi connectivity index (χ1n) is 5.39. The van der Waals surface area contributed by atoms with Gasteiger partial charge in [0.25, 0.3) is 0 Å². The van der Waals surface area contributed by atoms with Gasteiger partial charge in [-0.05, 0) is 18.2 Å². The smallest absolute Gasteiger partial charge is 0.340 e. The van der Waals surface area contributed by atoms with Crippen LogP contribution in [0.4, 0.5) is 4.39 Å². The highest BCUT2D eigenvalue weighted by Gasteiger charge is 2.45. The van der Waals surface area contributed by atoms with E-state index in [1.165, 1.54) is 24.3 Å². The van der Waals surface area contributed by atoms with Gasteiger partial charge >= 0.3 is 5.97 Å². The van der Waals surface area contributed by atoms with E-state index in [9.17, 15) is 9.18 Å². The second-order valence-electron chi connectivity index (χ2n) is 4.04. The summed E-state index contributed by atoms with van der Waals surface area (Å²) in [7, 11) is 0. The fourth-order valence-electron chi connectivity index (χ4n) is 2.06. The van der Waals surface area contributed by atoms with Crippen molar-refractivity contribution >= 4 is 17.6 Å². The second kappa shape index (κ2) is 3.82. The van der Waals surface area contributed by atoms with E-state index >= 15 is 0 Å². The standard InChI is InChI=1S/C14H8ClFO2/c15-14(9-5-7-10(16)8-6-9)12-4-2-1-3-11(12)13(17)18-14/h1-8H. The van der Waals surface area contributed by atoms with E-state index in [-0.39, 0.29) is 5.82 Å². The largest absolute Gasteiger partial charge is 0.431 e. The molecule has 3 rings (SSSR count). The predicted octanol–water partition coefficient (Wildman–Crippen LogP) is 3.44. The van der Waals surface area contributed by atoms with E-state index in [1.54, 1.807) is 24.3 Å². The number of fused-ring (bicyclic) bond motifs is 1. The molecular formula is C14H8ClFO2. The molecule has 0 bridgehead atoms. The van der Waals surface area contributed by atoms with Crippen LogP contribution in [0.2, 0.25) is 0 Å². The lowest BCUT2D eigenvalue weighted by atomic mass is 9.99. The molecule has 0 aliphatic carbocycles. The summed E-state index contributed by atoms with van der Waals surface area (Å²) in [6, 6.07) is 12.5. The van der Waals surface area contributed by atoms with Crippen LogP contribution in [0.1, 0.15) is 21.5 Å². The van der Waals surface area contributed by atoms with Crippen molar-refractivity contribution in [3.05, 3.63) is 71.0 Å². The normalized spacial score (nSPS) is 21.6. The first-order valence-corrected chi connectivity index (χ1v) is 5.77. The van der Waals surface area contributed by atoms with E-state index in [1.807, 2.05) is 0 Å². The van der Waals surface area contributed by atoms with Crippen molar-refractivity contribution in [2.24, 2.45) is 0 Å². The van der Waals surface area contributed by atoms with Gasteiger partial charge in [0.2, 0.25) is 5.06 Å². The van der Waals surface area contributed by atoms with Crippen LogP contribution in [0, 0.1) is 5.82 Å². The molecule has 4 heteroatoms. The maximum absolute atomic E-state index is 12.9. The SMILES string of the molecule is O=C1OC(Cl)(c2ccc(F)cc2)c2ccccc21. The Morgan fingerprint density at radius 3 is 2.44 bits per heavy atom. The molecule has 2 aromatic carbocycles. The average Bonchev–Trinajstić information content (AvgIpc) is 2.64. The molecule has 1 heterocycles. The van der Waals surface area contributed by atoms with Crippen LogP contribution >= 0.6 is 11.6 Å². The number of carbonyl (C=O) groups is 1. The third kappa shape index (κ3) is 1.51. The topological polar surface area (TPSA) is 26.3 Å². The molecular weight excluding hydrogens is 255 g/mol. The van der Waals surface area contributed by atoms with Gasteiger partial charge in [0.1, 0.15) is 5.82 Å². The van der Waals surface area contributed by atoms with Crippen LogP contribution in [0.25, 0.3) is 0 Å². The Kier molecular flexibility index (Phi) is 2.38. The van der Waals surface area contributed by atoms with Crippen molar-refractivity contribution in [2.45, 2.75) is 5.06 Å². The number of benzene rings is 2. The summed E-state index contributed by atoms with van der Waals surface area (Å²) in [4.78, 5) is 11.7. The van der Waals surface area contributed by atoms with E-state index in [2.05, 4.69) is 0 Å². The quantitative estimate of drug-likeness (QED) is 0.581. The Labute approximate surface area is 108 Å². The molecule has 90 valence electrons. The Bertz CT molecular complexity index is 624. The molecule has 18 heavy (non-hydrogen) atoms. The molecule has 0 saturated heterocycles. The van der Waals surface area contributed by atoms with Gasteiger partial charge < -0.3 is 4.74 Å². The number of carbonyl (C=O) groups excluding carboxylic acids is 1. The van der Waals surface area contributed by atoms with Crippen LogP contribution in [0.5, 0.6) is 0 Å². The van der Waals surface area contributed by atoms with Crippen molar-refractivity contribution in [3.63, 3.8) is 0 Å². The number of halogens is 2. The molecule has 0 radical (unpaired) electrons. The molecule has 0 saturated carbocycles. The molecule has 2 nitrogen and oxygen atoms in total. The zero-order valence-electron chi connectivity index (χ0n) is 9.19. The van der Waals surface area contributed by atoms with E-state index in [0.29, 0.717) is 16.7 Å². The number of esters is 1. The maximum Gasteiger partial charge on any atom is 0.340 e. The third-order valence-corrected chi connectivity index (χ3v) is 3.44. The lowest BCUT2D eigenvalue weighted by Crippen LogP contribution is -2.20. The third-order valence-electron chi connectivity index (χ3n) is 2.94. The van der Waals surface area contributed by atoms with Crippen molar-refractivity contribution in [1.82, 2.24) is 0 Å². The van der Waals surface area contributed by atoms with Gasteiger partial charge in [-0.3, -0.25) is 0 Å². The Morgan fingerprint density at radius 2 is 1.72 bits per heavy atom. The lowest BCUT2D eigenvalue weighted by Gasteiger charge is -2.21. The summed E-state index contributed by atoms with van der Waals surface area (Å²) < 4.78 is 18.2. The van der Waals surface area contributed by atoms with Crippen LogP contribution in [0.3, 0.4) is 0 Å². The number of ether oxygens (including phenoxy) is 1. The van der Waals surface area contributed by atoms with Crippen molar-refractivity contribution in [3.8, 4) is 0 Å². The zero-order valence-corrected chi connectivity index (χ0v) is 9.95. The summed E-state index contributed by atoms with van der Waals surface area (Å²) >= 11 is 6.41. The lowest BCUT2D eigenvalue weighted by molar-refractivity contribution is 0.0366. The molecule has 0 aromatic heterocycles. The highest BCUT2D eigenvalue weighted by molar-refractivity contribution is 6.27. The summed E-state index contributed by atoms with van der Waals surface area (Å²) in [6.45, 7) is 0. The number of cyclic esters (lactones) is 1. The first kappa shape index (κ1) is 11.2. The molecule has 1 unspecified atom stereocenters. The van der Waals surface area contributed by atoms with Gasteiger partial charge in [0, 0.05) is 11.1 Å². The van der Waals surface area contributed by atoms with E-state index in [4.69, 9.17) is 16.3 Å². The molecule has 1 aliphatic heterocycles. The van der Waals surface area contributed by atoms with Crippen molar-refractivity contribution in [1.29, 1.82) is 0 Å². The number of hydrogen-bond acceptors (Lipinski definition) is 2. The Hall–Kier alpha value is -1.87. The van der Waals surface area contributed by atoms with Gasteiger partial charge in [-0.2, -0.15) is 0 Å². The van der Waals surface area contributed by atoms with Gasteiger partial charge in [0.05, 0.1) is 5.56 Å². The molecule has 0 fully saturated rings. The van der Waals surface area contributed by atoms with Crippen molar-refractivity contribution in [2.75, 3.05) is 0 Å². The van der Waals surface area contributed by atoms with Gasteiger partial charge in [-0.15, -0.1) is 0 Å². The van der Waals surface area contributed by atoms with Gasteiger partial charge in [-0.1, -0.05) is 41.9 Å². The molecule has 1 atom stereocenters. The number of alkyl halides is 1. The minimum Gasteiger partial charge on any atom is -0.431 e. The van der Waals surface area contributed by atoms with Crippen LogP contribution in [0.15, 0.2) is 48.5 Å². The zero-order chi connectivity index (χ0) is 12.8. The predicted molar refractivity (Wildman–Crippen MR) is 64.9 cm³/mol. The fraction of sp³-hybridized carbons (Fsp3) is 0.0714. The monoisotopic (exact) mass is 262 g/mol. The van der Waals surface area contributed by atoms with Crippen LogP contribution in [-0.2, 0) is 9.80 Å². The van der Waals surface area contributed by atoms with Crippen LogP contribution < -0.4 is 0 Å². The van der Waals surface area contributed by atoms with Crippen LogP contribution in [-0.4, -0.2) is 5.97 Å². The molecule has 1 aliphatic rings. The highest BCUT2D eigenvalue weighted by Crippen LogP contribution is 2.44. The number of rotatable bonds is 1. The molecule has 0 amide bonds. The summed E-state index contributed by atoms with van der Waals surface area (Å²) in [6.07, 6.45) is 0. The maximum atomic E-state index is 12.9. The number of hydrogen-bond donors (Lipinski definition) is 0. The van der Waals surface area contributed by atoms with Gasteiger partial charge in [-0.25, -0.2) is 9.18 Å². The Morgan fingerprint density at radius 1 is 1.06 bits per heavy atom. The van der Waals surface area contributed by atoms with E-state index < -0.39 is 11.0 Å². The summed E-state index contributed by atoms with van der Waals surface area (Å²) in [5, 5.41) is -1.36. The first-order chi connectivity index (χ1) is 8.61. The minimum absolute atomic E-state index is 0.364. The molecule has 2 aromatic rings. The minimum atomic E-state index is -1.36. The second-order valence-corrected chi connectivity index (χ2v) is 4.57. The van der Waals surface area contributed by atoms with Gasteiger partial charge in [0.15, 0.2) is 0 Å². The molecule has 0 N–H and O–H groups in total. The Balaban J connectivity index is 2.17. The van der Waals surface area contributed by atoms with Crippen molar-refractivity contribution < 1.29 is 13.9 Å². The molecule has 0 spiro atoms. The summed E-state index contributed by atoms with van der Waals surface area (Å²) in [5.74, 6) is -0.832. The highest BCUT2D eigenvalue weighted by atomic mass is 35.5. The summed E-state index contributed by atoms with van der Waals surface area (Å²) in [5.41, 5.74) is 1.56. The van der Waals surface area contributed by atoms with E-state index in [0.717, 1.165) is 0 Å². The average molecular weight is 263 g/mol.